The van der Waals surface area contributed by atoms with E-state index in [0.29, 0.717) is 64.8 Å². The molecule has 3 aromatic rings. The molecule has 2 amide bonds. The topological polar surface area (TPSA) is 120 Å². The van der Waals surface area contributed by atoms with Crippen molar-refractivity contribution in [3.63, 3.8) is 0 Å². The van der Waals surface area contributed by atoms with E-state index in [2.05, 4.69) is 20.3 Å². The molecule has 1 aliphatic carbocycles. The number of nitrogens with one attached hydrogen (secondary N) is 2. The van der Waals surface area contributed by atoms with Crippen molar-refractivity contribution in [1.82, 2.24) is 25.2 Å². The largest absolute Gasteiger partial charge is 0.493 e. The highest BCUT2D eigenvalue weighted by molar-refractivity contribution is 6.09. The number of carbonyl (C=O) groups excluding carboxylic acids is 2. The summed E-state index contributed by atoms with van der Waals surface area (Å²) >= 11 is 0. The van der Waals surface area contributed by atoms with Gasteiger partial charge >= 0.3 is 0 Å². The van der Waals surface area contributed by atoms with Crippen LogP contribution in [0.25, 0.3) is 22.3 Å². The van der Waals surface area contributed by atoms with E-state index >= 15 is 0 Å². The van der Waals surface area contributed by atoms with Gasteiger partial charge in [0.1, 0.15) is 35.7 Å². The van der Waals surface area contributed by atoms with E-state index < -0.39 is 12.4 Å². The number of aromatic nitrogens is 3. The fourth-order valence-electron chi connectivity index (χ4n) is 4.74. The van der Waals surface area contributed by atoms with Crippen LogP contribution in [0.1, 0.15) is 42.2 Å². The van der Waals surface area contributed by atoms with E-state index in [4.69, 9.17) is 4.74 Å². The molecule has 3 heterocycles. The van der Waals surface area contributed by atoms with Gasteiger partial charge in [-0.05, 0) is 57.2 Å². The van der Waals surface area contributed by atoms with Gasteiger partial charge in [0.15, 0.2) is 0 Å². The van der Waals surface area contributed by atoms with E-state index in [9.17, 15) is 19.1 Å². The highest BCUT2D eigenvalue weighted by atomic mass is 19.1. The standard InChI is InChI=1S/C25H28FN5O4/c1-13-7-17(9-31(13)20(33)10-32)30-25(34)21-14(2)29-24-22(27-12-28-23(21)24)18-8-16(26)5-6-19(18)35-11-15-3-4-15/h5-6,8,12-13,15,17,29,32H,3-4,7,9-11H2,1-2H3,(H,30,34)/t13-,17+/m0/s1. The molecule has 2 aromatic heterocycles. The van der Waals surface area contributed by atoms with Crippen molar-refractivity contribution in [3.05, 3.63) is 41.6 Å². The Morgan fingerprint density at radius 1 is 1.31 bits per heavy atom. The first-order valence-corrected chi connectivity index (χ1v) is 11.8. The van der Waals surface area contributed by atoms with Crippen molar-refractivity contribution in [2.45, 2.75) is 45.2 Å². The smallest absolute Gasteiger partial charge is 0.255 e. The number of aromatic amines is 1. The molecule has 2 atom stereocenters. The first kappa shape index (κ1) is 23.2. The highest BCUT2D eigenvalue weighted by Crippen LogP contribution is 2.36. The van der Waals surface area contributed by atoms with Gasteiger partial charge < -0.3 is 25.0 Å². The predicted molar refractivity (Wildman–Crippen MR) is 126 cm³/mol. The molecule has 0 unspecified atom stereocenters. The minimum atomic E-state index is -0.557. The van der Waals surface area contributed by atoms with E-state index in [1.54, 1.807) is 17.9 Å². The molecule has 1 aliphatic heterocycles. The molecule has 35 heavy (non-hydrogen) atoms. The van der Waals surface area contributed by atoms with Crippen LogP contribution in [0.15, 0.2) is 24.5 Å². The quantitative estimate of drug-likeness (QED) is 0.477. The molecule has 9 nitrogen and oxygen atoms in total. The second-order valence-corrected chi connectivity index (χ2v) is 9.43. The summed E-state index contributed by atoms with van der Waals surface area (Å²) in [6.45, 7) is 4.00. The molecular formula is C25H28FN5O4. The number of likely N-dealkylation sites (tertiary alicyclic amines) is 1. The summed E-state index contributed by atoms with van der Waals surface area (Å²) in [6.07, 6.45) is 4.21. The Labute approximate surface area is 201 Å². The Balaban J connectivity index is 1.45. The first-order chi connectivity index (χ1) is 16.9. The van der Waals surface area contributed by atoms with Gasteiger partial charge in [-0.25, -0.2) is 14.4 Å². The molecule has 184 valence electrons. The summed E-state index contributed by atoms with van der Waals surface area (Å²) in [6, 6.07) is 4.01. The zero-order valence-corrected chi connectivity index (χ0v) is 19.7. The van der Waals surface area contributed by atoms with Crippen LogP contribution in [0.3, 0.4) is 0 Å². The summed E-state index contributed by atoms with van der Waals surface area (Å²) in [5, 5.41) is 12.2. The Kier molecular flexibility index (Phi) is 6.14. The average Bonchev–Trinajstić information content (AvgIpc) is 3.50. The van der Waals surface area contributed by atoms with Gasteiger partial charge in [-0.15, -0.1) is 0 Å². The normalized spacial score (nSPS) is 19.8. The van der Waals surface area contributed by atoms with Gasteiger partial charge in [0.25, 0.3) is 5.91 Å². The second kappa shape index (κ2) is 9.26. The number of carbonyl (C=O) groups is 2. The number of nitrogens with zero attached hydrogens (tertiary/aromatic N) is 3. The summed E-state index contributed by atoms with van der Waals surface area (Å²) in [5.74, 6) is -0.0273. The number of ether oxygens (including phenoxy) is 1. The first-order valence-electron chi connectivity index (χ1n) is 11.8. The average molecular weight is 482 g/mol. The molecule has 3 N–H and O–H groups in total. The van der Waals surface area contributed by atoms with E-state index in [0.717, 1.165) is 12.8 Å². The maximum absolute atomic E-state index is 14.2. The van der Waals surface area contributed by atoms with Crippen LogP contribution in [-0.2, 0) is 4.79 Å². The van der Waals surface area contributed by atoms with E-state index in [-0.39, 0.29) is 23.9 Å². The maximum Gasteiger partial charge on any atom is 0.255 e. The Morgan fingerprint density at radius 2 is 2.11 bits per heavy atom. The maximum atomic E-state index is 14.2. The van der Waals surface area contributed by atoms with Gasteiger partial charge in [0.05, 0.1) is 17.7 Å². The molecule has 1 saturated carbocycles. The summed E-state index contributed by atoms with van der Waals surface area (Å²) < 4.78 is 20.2. The van der Waals surface area contributed by atoms with Crippen molar-refractivity contribution < 1.29 is 23.8 Å². The molecule has 2 aliphatic rings. The molecular weight excluding hydrogens is 453 g/mol. The van der Waals surface area contributed by atoms with Gasteiger partial charge in [-0.2, -0.15) is 0 Å². The van der Waals surface area contributed by atoms with Crippen LogP contribution < -0.4 is 10.1 Å². The molecule has 0 spiro atoms. The monoisotopic (exact) mass is 481 g/mol. The molecule has 2 fully saturated rings. The fourth-order valence-corrected chi connectivity index (χ4v) is 4.74. The summed E-state index contributed by atoms with van der Waals surface area (Å²) in [4.78, 5) is 38.7. The van der Waals surface area contributed by atoms with Gasteiger partial charge in [0, 0.05) is 29.9 Å². The number of H-pyrrole nitrogens is 1. The lowest BCUT2D eigenvalue weighted by Crippen LogP contribution is -2.40. The number of rotatable bonds is 7. The van der Waals surface area contributed by atoms with Gasteiger partial charge in [-0.1, -0.05) is 0 Å². The summed E-state index contributed by atoms with van der Waals surface area (Å²) in [7, 11) is 0. The van der Waals surface area contributed by atoms with E-state index in [1.807, 2.05) is 6.92 Å². The van der Waals surface area contributed by atoms with Crippen LogP contribution in [0.4, 0.5) is 4.39 Å². The molecule has 0 bridgehead atoms. The van der Waals surface area contributed by atoms with Crippen molar-refractivity contribution in [1.29, 1.82) is 0 Å². The van der Waals surface area contributed by atoms with Crippen LogP contribution in [0.2, 0.25) is 0 Å². The van der Waals surface area contributed by atoms with Crippen molar-refractivity contribution >= 4 is 22.8 Å². The molecule has 1 aromatic carbocycles. The van der Waals surface area contributed by atoms with Crippen LogP contribution in [0, 0.1) is 18.7 Å². The van der Waals surface area contributed by atoms with E-state index in [1.165, 1.54) is 18.5 Å². The Morgan fingerprint density at radius 3 is 2.86 bits per heavy atom. The zero-order valence-electron chi connectivity index (χ0n) is 19.7. The number of hydrogen-bond acceptors (Lipinski definition) is 6. The number of halogens is 1. The van der Waals surface area contributed by atoms with Crippen LogP contribution in [0.5, 0.6) is 5.75 Å². The second-order valence-electron chi connectivity index (χ2n) is 9.43. The zero-order chi connectivity index (χ0) is 24.7. The SMILES string of the molecule is Cc1[nH]c2c(-c3cc(F)ccc3OCC3CC3)ncnc2c1C(=O)N[C@@H]1C[C@H](C)N(C(=O)CO)C1. The lowest BCUT2D eigenvalue weighted by atomic mass is 10.1. The lowest BCUT2D eigenvalue weighted by molar-refractivity contribution is -0.134. The lowest BCUT2D eigenvalue weighted by Gasteiger charge is -2.19. The number of amides is 2. The fraction of sp³-hybridized carbons (Fsp3) is 0.440. The highest BCUT2D eigenvalue weighted by Gasteiger charge is 2.34. The molecule has 0 radical (unpaired) electrons. The predicted octanol–water partition coefficient (Wildman–Crippen LogP) is 2.57. The van der Waals surface area contributed by atoms with Crippen molar-refractivity contribution in [2.75, 3.05) is 19.8 Å². The third kappa shape index (κ3) is 4.58. The number of hydrogen-bond donors (Lipinski definition) is 3. The van der Waals surface area contributed by atoms with Crippen LogP contribution in [-0.4, -0.2) is 68.6 Å². The number of aryl methyl sites for hydroxylation is 1. The number of aliphatic hydroxyl groups is 1. The third-order valence-electron chi connectivity index (χ3n) is 6.73. The van der Waals surface area contributed by atoms with Crippen molar-refractivity contribution in [2.24, 2.45) is 5.92 Å². The third-order valence-corrected chi connectivity index (χ3v) is 6.73. The van der Waals surface area contributed by atoms with Crippen LogP contribution >= 0.6 is 0 Å². The Bertz CT molecular complexity index is 1290. The number of fused-ring (bicyclic) bond motifs is 1. The number of aliphatic hydroxyl groups excluding tert-OH is 1. The summed E-state index contributed by atoms with van der Waals surface area (Å²) in [5.41, 5.74) is 2.88. The molecule has 10 heteroatoms. The Hall–Kier alpha value is -3.53. The number of benzene rings is 1. The molecule has 5 rings (SSSR count). The van der Waals surface area contributed by atoms with Gasteiger partial charge in [0.2, 0.25) is 5.91 Å². The minimum absolute atomic E-state index is 0.0834. The van der Waals surface area contributed by atoms with Crippen molar-refractivity contribution in [3.8, 4) is 17.0 Å². The van der Waals surface area contributed by atoms with Gasteiger partial charge in [-0.3, -0.25) is 9.59 Å². The minimum Gasteiger partial charge on any atom is -0.493 e. The molecule has 1 saturated heterocycles.